The van der Waals surface area contributed by atoms with Crippen LogP contribution in [0, 0.1) is 0 Å². The molecule has 1 aromatic carbocycles. The molecule has 1 aliphatic carbocycles. The van der Waals surface area contributed by atoms with Gasteiger partial charge in [0.15, 0.2) is 0 Å². The van der Waals surface area contributed by atoms with Crippen LogP contribution in [0.1, 0.15) is 39.2 Å². The number of hydrogen-bond acceptors (Lipinski definition) is 5. The van der Waals surface area contributed by atoms with E-state index in [1.807, 2.05) is 36.4 Å². The van der Waals surface area contributed by atoms with E-state index < -0.39 is 12.2 Å². The summed E-state index contributed by atoms with van der Waals surface area (Å²) in [6.45, 7) is 7.03. The molecule has 2 aliphatic rings. The number of amides is 2. The van der Waals surface area contributed by atoms with Crippen molar-refractivity contribution >= 4 is 17.9 Å². The Balaban J connectivity index is 1.85. The second kappa shape index (κ2) is 7.27. The molecule has 0 spiro atoms. The molecule has 0 aromatic heterocycles. The van der Waals surface area contributed by atoms with Crippen LogP contribution >= 0.6 is 0 Å². The molecule has 0 bridgehead atoms. The van der Waals surface area contributed by atoms with Crippen LogP contribution < -0.4 is 10.7 Å². The van der Waals surface area contributed by atoms with Crippen molar-refractivity contribution in [3.8, 4) is 0 Å². The van der Waals surface area contributed by atoms with Gasteiger partial charge in [0.25, 0.3) is 0 Å². The van der Waals surface area contributed by atoms with Gasteiger partial charge >= 0.3 is 12.2 Å². The van der Waals surface area contributed by atoms with E-state index in [-0.39, 0.29) is 30.2 Å². The molecule has 3 rings (SSSR count). The summed E-state index contributed by atoms with van der Waals surface area (Å²) in [4.78, 5) is 24.8. The lowest BCUT2D eigenvalue weighted by Gasteiger charge is -2.32. The van der Waals surface area contributed by atoms with Crippen molar-refractivity contribution in [2.45, 2.75) is 57.9 Å². The van der Waals surface area contributed by atoms with Crippen LogP contribution in [0.25, 0.3) is 0 Å². The van der Waals surface area contributed by atoms with Crippen LogP contribution in [-0.4, -0.2) is 41.5 Å². The lowest BCUT2D eigenvalue weighted by atomic mass is 9.93. The Bertz CT molecular complexity index is 716. The predicted molar refractivity (Wildman–Crippen MR) is 97.7 cm³/mol. The first-order valence-electron chi connectivity index (χ1n) is 8.87. The third kappa shape index (κ3) is 3.61. The Kier molecular flexibility index (Phi) is 5.06. The van der Waals surface area contributed by atoms with E-state index in [4.69, 9.17) is 9.47 Å². The van der Waals surface area contributed by atoms with Gasteiger partial charge in [-0.2, -0.15) is 0 Å². The van der Waals surface area contributed by atoms with E-state index in [0.29, 0.717) is 0 Å². The van der Waals surface area contributed by atoms with E-state index in [0.717, 1.165) is 11.3 Å². The molecule has 1 heterocycles. The fourth-order valence-corrected chi connectivity index (χ4v) is 3.39. The first-order chi connectivity index (χ1) is 12.4. The zero-order valence-electron chi connectivity index (χ0n) is 15.4. The van der Waals surface area contributed by atoms with Crippen molar-refractivity contribution in [1.82, 2.24) is 10.4 Å². The first kappa shape index (κ1) is 18.1. The number of para-hydroxylation sites is 1. The number of fused-ring (bicyclic) bond motifs is 3. The van der Waals surface area contributed by atoms with Crippen molar-refractivity contribution in [2.24, 2.45) is 0 Å². The van der Waals surface area contributed by atoms with Crippen LogP contribution in [0.3, 0.4) is 0 Å². The molecular formula is C19H25N3O4. The van der Waals surface area contributed by atoms with Gasteiger partial charge in [0, 0.05) is 11.6 Å². The molecule has 1 aliphatic heterocycles. The van der Waals surface area contributed by atoms with Crippen LogP contribution in [-0.2, 0) is 9.47 Å². The van der Waals surface area contributed by atoms with Crippen LogP contribution in [0.4, 0.5) is 15.3 Å². The number of anilines is 1. The number of benzene rings is 1. The molecule has 2 amide bonds. The van der Waals surface area contributed by atoms with Gasteiger partial charge < -0.3 is 14.8 Å². The van der Waals surface area contributed by atoms with Crippen LogP contribution in [0.15, 0.2) is 36.4 Å². The predicted octanol–water partition coefficient (Wildman–Crippen LogP) is 3.40. The molecular weight excluding hydrogens is 334 g/mol. The van der Waals surface area contributed by atoms with E-state index in [1.54, 1.807) is 27.7 Å². The highest BCUT2D eigenvalue weighted by Crippen LogP contribution is 2.43. The average molecular weight is 359 g/mol. The number of carbonyl (C=O) groups excluding carboxylic acids is 2. The largest absolute Gasteiger partial charge is 0.446 e. The molecule has 0 radical (unpaired) electrons. The summed E-state index contributed by atoms with van der Waals surface area (Å²) in [6.07, 6.45) is 2.04. The molecule has 7 heteroatoms. The minimum atomic E-state index is -0.684. The highest BCUT2D eigenvalue weighted by atomic mass is 16.6. The number of rotatable bonds is 3. The summed E-state index contributed by atoms with van der Waals surface area (Å²) in [7, 11) is 0. The molecule has 140 valence electrons. The maximum Gasteiger partial charge on any atom is 0.429 e. The number of ether oxygens (including phenoxy) is 2. The van der Waals surface area contributed by atoms with Crippen molar-refractivity contribution in [1.29, 1.82) is 0 Å². The molecule has 26 heavy (non-hydrogen) atoms. The fraction of sp³-hybridized carbons (Fsp3) is 0.474. The second-order valence-electron chi connectivity index (χ2n) is 7.03. The molecule has 0 fully saturated rings. The Hall–Kier alpha value is -2.70. The van der Waals surface area contributed by atoms with Gasteiger partial charge in [-0.1, -0.05) is 30.4 Å². The summed E-state index contributed by atoms with van der Waals surface area (Å²) in [5.41, 5.74) is 4.70. The first-order valence-corrected chi connectivity index (χ1v) is 8.87. The Morgan fingerprint density at radius 1 is 1.08 bits per heavy atom. The second-order valence-corrected chi connectivity index (χ2v) is 7.03. The van der Waals surface area contributed by atoms with E-state index >= 15 is 0 Å². The fourth-order valence-electron chi connectivity index (χ4n) is 3.39. The molecule has 0 saturated carbocycles. The number of hydrogen-bond donors (Lipinski definition) is 2. The zero-order chi connectivity index (χ0) is 18.8. The molecule has 3 atom stereocenters. The topological polar surface area (TPSA) is 79.9 Å². The third-order valence-electron chi connectivity index (χ3n) is 4.30. The minimum Gasteiger partial charge on any atom is -0.446 e. The van der Waals surface area contributed by atoms with E-state index in [9.17, 15) is 9.59 Å². The van der Waals surface area contributed by atoms with E-state index in [2.05, 4.69) is 10.7 Å². The lowest BCUT2D eigenvalue weighted by Crippen LogP contribution is -2.54. The molecule has 1 aromatic rings. The van der Waals surface area contributed by atoms with Crippen LogP contribution in [0.5, 0.6) is 0 Å². The molecule has 0 saturated heterocycles. The monoisotopic (exact) mass is 359 g/mol. The Morgan fingerprint density at radius 3 is 2.46 bits per heavy atom. The highest BCUT2D eigenvalue weighted by Gasteiger charge is 2.44. The zero-order valence-corrected chi connectivity index (χ0v) is 15.4. The van der Waals surface area contributed by atoms with Crippen molar-refractivity contribution < 1.29 is 19.1 Å². The average Bonchev–Trinajstić information content (AvgIpc) is 3.10. The molecule has 0 unspecified atom stereocenters. The summed E-state index contributed by atoms with van der Waals surface area (Å²) in [5.74, 6) is -0.00902. The SMILES string of the molecule is CC(C)OC(=O)NN(C(=O)OC(C)C)[C@H]1C=C[C@H]2Nc3ccccc3[C@H]21. The van der Waals surface area contributed by atoms with Gasteiger partial charge in [-0.3, -0.25) is 0 Å². The van der Waals surface area contributed by atoms with Gasteiger partial charge in [-0.25, -0.2) is 20.0 Å². The van der Waals surface area contributed by atoms with Gasteiger partial charge in [0.1, 0.15) is 0 Å². The molecule has 2 N–H and O–H groups in total. The van der Waals surface area contributed by atoms with Crippen molar-refractivity contribution in [3.05, 3.63) is 42.0 Å². The maximum atomic E-state index is 12.6. The minimum absolute atomic E-state index is 0.00902. The summed E-state index contributed by atoms with van der Waals surface area (Å²) < 4.78 is 10.5. The number of nitrogens with one attached hydrogen (secondary N) is 2. The van der Waals surface area contributed by atoms with Crippen molar-refractivity contribution in [2.75, 3.05) is 5.32 Å². The Morgan fingerprint density at radius 2 is 1.77 bits per heavy atom. The summed E-state index contributed by atoms with van der Waals surface area (Å²) in [5, 5.41) is 4.67. The summed E-state index contributed by atoms with van der Waals surface area (Å²) >= 11 is 0. The van der Waals surface area contributed by atoms with E-state index in [1.165, 1.54) is 5.01 Å². The smallest absolute Gasteiger partial charge is 0.429 e. The van der Waals surface area contributed by atoms with Gasteiger partial charge in [0.05, 0.1) is 24.3 Å². The third-order valence-corrected chi connectivity index (χ3v) is 4.30. The van der Waals surface area contributed by atoms with Gasteiger partial charge in [0.2, 0.25) is 0 Å². The Labute approximate surface area is 153 Å². The van der Waals surface area contributed by atoms with Gasteiger partial charge in [-0.15, -0.1) is 0 Å². The molecule has 7 nitrogen and oxygen atoms in total. The highest BCUT2D eigenvalue weighted by molar-refractivity contribution is 5.75. The van der Waals surface area contributed by atoms with Gasteiger partial charge in [-0.05, 0) is 39.3 Å². The summed E-state index contributed by atoms with van der Waals surface area (Å²) in [6, 6.07) is 7.67. The number of carbonyl (C=O) groups is 2. The number of nitrogens with zero attached hydrogens (tertiary/aromatic N) is 1. The van der Waals surface area contributed by atoms with Crippen molar-refractivity contribution in [3.63, 3.8) is 0 Å². The lowest BCUT2D eigenvalue weighted by molar-refractivity contribution is 0.0355. The maximum absolute atomic E-state index is 12.6. The number of hydrazine groups is 1. The normalized spacial score (nSPS) is 22.6. The quantitative estimate of drug-likeness (QED) is 0.639. The standard InChI is InChI=1S/C19H25N3O4/c1-11(2)25-18(23)21-22(19(24)26-12(3)4)16-10-9-15-17(16)13-7-5-6-8-14(13)20-15/h5-12,15-17,20H,1-4H3,(H,21,23)/t15-,16+,17-/m1/s1. The van der Waals surface area contributed by atoms with Crippen LogP contribution in [0.2, 0.25) is 0 Å².